The Morgan fingerprint density at radius 2 is 2.06 bits per heavy atom. The second kappa shape index (κ2) is 7.73. The number of nitrogens with one attached hydrogen (secondary N) is 1. The Hall–Kier alpha value is -0.530. The molecule has 1 atom stereocenters. The van der Waals surface area contributed by atoms with Crippen LogP contribution in [0.15, 0.2) is 18.2 Å². The summed E-state index contributed by atoms with van der Waals surface area (Å²) in [7, 11) is 0. The molecule has 0 saturated heterocycles. The topological polar surface area (TPSA) is 12.0 Å². The molecule has 0 spiro atoms. The Balaban J connectivity index is 2.64. The molecule has 17 heavy (non-hydrogen) atoms. The third-order valence-corrected chi connectivity index (χ3v) is 3.45. The lowest BCUT2D eigenvalue weighted by Crippen LogP contribution is -2.24. The monoisotopic (exact) mass is 253 g/mol. The van der Waals surface area contributed by atoms with Crippen molar-refractivity contribution in [3.63, 3.8) is 0 Å². The highest BCUT2D eigenvalue weighted by molar-refractivity contribution is 6.31. The number of hydrogen-bond acceptors (Lipinski definition) is 1. The first-order valence-corrected chi connectivity index (χ1v) is 7.00. The first-order valence-electron chi connectivity index (χ1n) is 6.63. The van der Waals surface area contributed by atoms with Gasteiger partial charge < -0.3 is 5.32 Å². The molecular formula is C15H24ClN. The van der Waals surface area contributed by atoms with E-state index in [1.54, 1.807) is 0 Å². The Kier molecular flexibility index (Phi) is 6.61. The summed E-state index contributed by atoms with van der Waals surface area (Å²) in [5, 5.41) is 4.36. The molecule has 1 aromatic carbocycles. The third-order valence-electron chi connectivity index (χ3n) is 3.10. The standard InChI is InChI=1S/C15H24ClN/c1-4-6-13(11-17-5-2)10-14-8-7-12(3)9-15(14)16/h7-9,13,17H,4-6,10-11H2,1-3H3. The van der Waals surface area contributed by atoms with Gasteiger partial charge in [-0.2, -0.15) is 0 Å². The maximum Gasteiger partial charge on any atom is 0.0440 e. The molecule has 1 rings (SSSR count). The second-order valence-corrected chi connectivity index (χ2v) is 5.17. The van der Waals surface area contributed by atoms with E-state index in [4.69, 9.17) is 11.6 Å². The van der Waals surface area contributed by atoms with Gasteiger partial charge in [0, 0.05) is 5.02 Å². The molecule has 0 fully saturated rings. The summed E-state index contributed by atoms with van der Waals surface area (Å²) in [6.07, 6.45) is 3.58. The van der Waals surface area contributed by atoms with Gasteiger partial charge in [0.15, 0.2) is 0 Å². The summed E-state index contributed by atoms with van der Waals surface area (Å²) in [6.45, 7) is 8.62. The van der Waals surface area contributed by atoms with E-state index < -0.39 is 0 Å². The van der Waals surface area contributed by atoms with Crippen LogP contribution in [0.2, 0.25) is 5.02 Å². The number of hydrogen-bond donors (Lipinski definition) is 1. The fourth-order valence-corrected chi connectivity index (χ4v) is 2.47. The first-order chi connectivity index (χ1) is 8.17. The lowest BCUT2D eigenvalue weighted by atomic mass is 9.94. The second-order valence-electron chi connectivity index (χ2n) is 4.76. The fraction of sp³-hybridized carbons (Fsp3) is 0.600. The summed E-state index contributed by atoms with van der Waals surface area (Å²) >= 11 is 6.29. The molecule has 0 aliphatic rings. The van der Waals surface area contributed by atoms with Gasteiger partial charge in [-0.1, -0.05) is 44.0 Å². The van der Waals surface area contributed by atoms with Gasteiger partial charge in [-0.25, -0.2) is 0 Å². The van der Waals surface area contributed by atoms with Crippen LogP contribution in [0.5, 0.6) is 0 Å². The maximum absolute atomic E-state index is 6.29. The van der Waals surface area contributed by atoms with E-state index in [2.05, 4.69) is 44.3 Å². The maximum atomic E-state index is 6.29. The number of aryl methyl sites for hydroxylation is 1. The van der Waals surface area contributed by atoms with E-state index >= 15 is 0 Å². The van der Waals surface area contributed by atoms with E-state index in [0.717, 1.165) is 24.5 Å². The minimum Gasteiger partial charge on any atom is -0.317 e. The minimum atomic E-state index is 0.695. The van der Waals surface area contributed by atoms with Crippen molar-refractivity contribution in [3.05, 3.63) is 34.3 Å². The zero-order chi connectivity index (χ0) is 12.7. The van der Waals surface area contributed by atoms with Crippen molar-refractivity contribution in [2.75, 3.05) is 13.1 Å². The average molecular weight is 254 g/mol. The predicted octanol–water partition coefficient (Wildman–Crippen LogP) is 4.22. The van der Waals surface area contributed by atoms with Gasteiger partial charge in [-0.15, -0.1) is 0 Å². The first kappa shape index (κ1) is 14.5. The minimum absolute atomic E-state index is 0.695. The Morgan fingerprint density at radius 3 is 2.65 bits per heavy atom. The molecule has 0 aliphatic heterocycles. The van der Waals surface area contributed by atoms with Gasteiger partial charge in [0.25, 0.3) is 0 Å². The molecule has 0 heterocycles. The van der Waals surface area contributed by atoms with Crippen LogP contribution in [0.3, 0.4) is 0 Å². The van der Waals surface area contributed by atoms with Crippen molar-refractivity contribution in [3.8, 4) is 0 Å². The Bertz CT molecular complexity index is 336. The van der Waals surface area contributed by atoms with Gasteiger partial charge >= 0.3 is 0 Å². The number of benzene rings is 1. The zero-order valence-corrected chi connectivity index (χ0v) is 12.0. The summed E-state index contributed by atoms with van der Waals surface area (Å²) in [5.74, 6) is 0.695. The normalized spacial score (nSPS) is 12.7. The smallest absolute Gasteiger partial charge is 0.0440 e. The van der Waals surface area contributed by atoms with Crippen molar-refractivity contribution >= 4 is 11.6 Å². The molecule has 1 nitrogen and oxygen atoms in total. The molecule has 0 bridgehead atoms. The predicted molar refractivity (Wildman–Crippen MR) is 76.8 cm³/mol. The van der Waals surface area contributed by atoms with Crippen molar-refractivity contribution in [1.29, 1.82) is 0 Å². The van der Waals surface area contributed by atoms with Crippen LogP contribution in [0.1, 0.15) is 37.8 Å². The summed E-state index contributed by atoms with van der Waals surface area (Å²) in [6, 6.07) is 6.39. The summed E-state index contributed by atoms with van der Waals surface area (Å²) < 4.78 is 0. The molecule has 2 heteroatoms. The van der Waals surface area contributed by atoms with E-state index in [1.807, 2.05) is 0 Å². The van der Waals surface area contributed by atoms with Gasteiger partial charge in [0.05, 0.1) is 0 Å². The summed E-state index contributed by atoms with van der Waals surface area (Å²) in [5.41, 5.74) is 2.52. The summed E-state index contributed by atoms with van der Waals surface area (Å²) in [4.78, 5) is 0. The lowest BCUT2D eigenvalue weighted by Gasteiger charge is -2.17. The van der Waals surface area contributed by atoms with Crippen molar-refractivity contribution in [1.82, 2.24) is 5.32 Å². The Labute approximate surface area is 111 Å². The van der Waals surface area contributed by atoms with Crippen LogP contribution < -0.4 is 5.32 Å². The molecule has 96 valence electrons. The van der Waals surface area contributed by atoms with Crippen LogP contribution in [-0.2, 0) is 6.42 Å². The SMILES string of the molecule is CCCC(CNCC)Cc1ccc(C)cc1Cl. The third kappa shape index (κ3) is 5.10. The highest BCUT2D eigenvalue weighted by atomic mass is 35.5. The van der Waals surface area contributed by atoms with Gasteiger partial charge in [0.2, 0.25) is 0 Å². The molecule has 1 unspecified atom stereocenters. The highest BCUT2D eigenvalue weighted by Crippen LogP contribution is 2.22. The number of rotatable bonds is 7. The molecule has 0 radical (unpaired) electrons. The molecule has 0 aromatic heterocycles. The van der Waals surface area contributed by atoms with Crippen LogP contribution in [-0.4, -0.2) is 13.1 Å². The van der Waals surface area contributed by atoms with Crippen LogP contribution >= 0.6 is 11.6 Å². The van der Waals surface area contributed by atoms with E-state index in [9.17, 15) is 0 Å². The van der Waals surface area contributed by atoms with Gasteiger partial charge in [-0.05, 0) is 56.0 Å². The Morgan fingerprint density at radius 1 is 1.29 bits per heavy atom. The van der Waals surface area contributed by atoms with Crippen LogP contribution in [0, 0.1) is 12.8 Å². The van der Waals surface area contributed by atoms with Gasteiger partial charge in [-0.3, -0.25) is 0 Å². The fourth-order valence-electron chi connectivity index (χ4n) is 2.16. The molecule has 0 saturated carbocycles. The lowest BCUT2D eigenvalue weighted by molar-refractivity contribution is 0.444. The molecular weight excluding hydrogens is 230 g/mol. The zero-order valence-electron chi connectivity index (χ0n) is 11.2. The van der Waals surface area contributed by atoms with Gasteiger partial charge in [0.1, 0.15) is 0 Å². The van der Waals surface area contributed by atoms with Crippen molar-refractivity contribution in [2.24, 2.45) is 5.92 Å². The molecule has 0 amide bonds. The van der Waals surface area contributed by atoms with E-state index in [1.165, 1.54) is 24.0 Å². The average Bonchev–Trinajstić information content (AvgIpc) is 2.29. The molecule has 1 N–H and O–H groups in total. The highest BCUT2D eigenvalue weighted by Gasteiger charge is 2.10. The molecule has 0 aliphatic carbocycles. The van der Waals surface area contributed by atoms with E-state index in [0.29, 0.717) is 5.92 Å². The molecule has 1 aromatic rings. The van der Waals surface area contributed by atoms with Crippen LogP contribution in [0.4, 0.5) is 0 Å². The van der Waals surface area contributed by atoms with E-state index in [-0.39, 0.29) is 0 Å². The quantitative estimate of drug-likeness (QED) is 0.767. The van der Waals surface area contributed by atoms with Crippen LogP contribution in [0.25, 0.3) is 0 Å². The largest absolute Gasteiger partial charge is 0.317 e. The van der Waals surface area contributed by atoms with Crippen molar-refractivity contribution < 1.29 is 0 Å². The van der Waals surface area contributed by atoms with Crippen molar-refractivity contribution in [2.45, 2.75) is 40.0 Å². The number of halogens is 1.